The van der Waals surface area contributed by atoms with Crippen molar-refractivity contribution in [1.82, 2.24) is 9.97 Å². The van der Waals surface area contributed by atoms with Gasteiger partial charge < -0.3 is 21.3 Å². The number of benzene rings is 1. The number of aromatic nitrogens is 2. The lowest BCUT2D eigenvalue weighted by atomic mass is 9.86. The van der Waals surface area contributed by atoms with Crippen molar-refractivity contribution in [1.29, 1.82) is 0 Å². The van der Waals surface area contributed by atoms with Crippen LogP contribution < -0.4 is 21.3 Å². The minimum absolute atomic E-state index is 0.101. The number of anilines is 3. The first-order valence-electron chi connectivity index (χ1n) is 12.2. The van der Waals surface area contributed by atoms with E-state index in [1.54, 1.807) is 0 Å². The van der Waals surface area contributed by atoms with Crippen LogP contribution in [0.25, 0.3) is 0 Å². The highest BCUT2D eigenvalue weighted by atomic mass is 16.6. The molecule has 0 unspecified atom stereocenters. The summed E-state index contributed by atoms with van der Waals surface area (Å²) in [6, 6.07) is 8.81. The molecule has 2 aliphatic rings. The number of hydrogen-bond donors (Lipinski definition) is 3. The molecule has 0 bridgehead atoms. The summed E-state index contributed by atoms with van der Waals surface area (Å²) in [5.74, 6) is 1.11. The van der Waals surface area contributed by atoms with Crippen LogP contribution >= 0.6 is 0 Å². The molecule has 4 rings (SSSR count). The van der Waals surface area contributed by atoms with Crippen molar-refractivity contribution < 1.29 is 4.92 Å². The van der Waals surface area contributed by atoms with Crippen molar-refractivity contribution in [2.75, 3.05) is 35.2 Å². The Kier molecular flexibility index (Phi) is 7.93. The van der Waals surface area contributed by atoms with Crippen LogP contribution in [0.15, 0.2) is 30.5 Å². The Labute approximate surface area is 195 Å². The molecule has 33 heavy (non-hydrogen) atoms. The number of nitrogens with one attached hydrogen (secondary N) is 2. The fourth-order valence-electron chi connectivity index (χ4n) is 4.73. The van der Waals surface area contributed by atoms with E-state index < -0.39 is 4.92 Å². The summed E-state index contributed by atoms with van der Waals surface area (Å²) in [7, 11) is 0. The molecule has 1 aliphatic heterocycles. The highest BCUT2D eigenvalue weighted by molar-refractivity contribution is 5.57. The summed E-state index contributed by atoms with van der Waals surface area (Å²) in [6.45, 7) is 3.41. The van der Waals surface area contributed by atoms with E-state index in [0.717, 1.165) is 44.3 Å². The molecule has 9 heteroatoms. The Morgan fingerprint density at radius 3 is 2.58 bits per heavy atom. The average Bonchev–Trinajstić information content (AvgIpc) is 3.12. The zero-order valence-corrected chi connectivity index (χ0v) is 19.2. The number of rotatable bonds is 8. The lowest BCUT2D eigenvalue weighted by Crippen LogP contribution is -2.29. The first-order chi connectivity index (χ1) is 16.1. The number of hydrogen-bond acceptors (Lipinski definition) is 8. The summed E-state index contributed by atoms with van der Waals surface area (Å²) in [5, 5.41) is 17.9. The maximum Gasteiger partial charge on any atom is 0.329 e. The van der Waals surface area contributed by atoms with Crippen LogP contribution in [-0.4, -0.2) is 40.6 Å². The molecule has 0 spiro atoms. The average molecular weight is 454 g/mol. The summed E-state index contributed by atoms with van der Waals surface area (Å²) >= 11 is 0. The van der Waals surface area contributed by atoms with E-state index in [0.29, 0.717) is 25.0 Å². The first-order valence-corrected chi connectivity index (χ1v) is 12.2. The summed E-state index contributed by atoms with van der Waals surface area (Å²) in [5.41, 5.74) is 8.26. The van der Waals surface area contributed by atoms with E-state index in [2.05, 4.69) is 49.8 Å². The van der Waals surface area contributed by atoms with E-state index in [9.17, 15) is 10.1 Å². The molecular formula is C24H35N7O2. The van der Waals surface area contributed by atoms with Gasteiger partial charge in [0.1, 0.15) is 6.20 Å². The molecule has 0 atom stereocenters. The van der Waals surface area contributed by atoms with Gasteiger partial charge in [0.15, 0.2) is 0 Å². The van der Waals surface area contributed by atoms with Crippen LogP contribution in [0, 0.1) is 16.0 Å². The maximum absolute atomic E-state index is 11.5. The van der Waals surface area contributed by atoms with Gasteiger partial charge in [-0.05, 0) is 62.1 Å². The Balaban J connectivity index is 1.39. The van der Waals surface area contributed by atoms with Gasteiger partial charge in [-0.1, -0.05) is 25.0 Å². The topological polar surface area (TPSA) is 122 Å². The standard InChI is InChI=1S/C24H35N7O2/c25-20-10-8-18(9-11-20)15-26-23-22(31(32)33)17-28-24(29-23)27-16-19-6-5-7-21(14-19)30-12-3-1-2-4-13-30/h5-7,14,17-18,20H,1-4,8-13,15-16,25H2,(H2,26,27,28,29)/t18-,20-. The second-order valence-corrected chi connectivity index (χ2v) is 9.27. The molecule has 2 heterocycles. The molecule has 1 aromatic carbocycles. The summed E-state index contributed by atoms with van der Waals surface area (Å²) in [4.78, 5) is 22.1. The molecule has 2 fully saturated rings. The number of nitrogens with zero attached hydrogens (tertiary/aromatic N) is 4. The van der Waals surface area contributed by atoms with Crippen LogP contribution in [0.4, 0.5) is 23.1 Å². The van der Waals surface area contributed by atoms with E-state index in [1.165, 1.54) is 37.6 Å². The van der Waals surface area contributed by atoms with Crippen molar-refractivity contribution in [2.24, 2.45) is 11.7 Å². The lowest BCUT2D eigenvalue weighted by Gasteiger charge is -2.26. The Morgan fingerprint density at radius 1 is 1.09 bits per heavy atom. The van der Waals surface area contributed by atoms with Crippen molar-refractivity contribution in [3.8, 4) is 0 Å². The van der Waals surface area contributed by atoms with Crippen LogP contribution in [0.3, 0.4) is 0 Å². The monoisotopic (exact) mass is 453 g/mol. The highest BCUT2D eigenvalue weighted by Gasteiger charge is 2.22. The fourth-order valence-corrected chi connectivity index (χ4v) is 4.73. The molecule has 178 valence electrons. The molecule has 9 nitrogen and oxygen atoms in total. The predicted octanol–water partition coefficient (Wildman–Crippen LogP) is 4.31. The highest BCUT2D eigenvalue weighted by Crippen LogP contribution is 2.27. The Hall–Kier alpha value is -2.94. The second kappa shape index (κ2) is 11.3. The van der Waals surface area contributed by atoms with Gasteiger partial charge in [-0.25, -0.2) is 4.98 Å². The maximum atomic E-state index is 11.5. The van der Waals surface area contributed by atoms with Crippen molar-refractivity contribution in [2.45, 2.75) is 64.0 Å². The van der Waals surface area contributed by atoms with E-state index in [1.807, 2.05) is 0 Å². The predicted molar refractivity (Wildman–Crippen MR) is 132 cm³/mol. The molecule has 1 aliphatic carbocycles. The van der Waals surface area contributed by atoms with E-state index >= 15 is 0 Å². The van der Waals surface area contributed by atoms with Crippen LogP contribution in [0.1, 0.15) is 56.9 Å². The van der Waals surface area contributed by atoms with Crippen molar-refractivity contribution >= 4 is 23.1 Å². The quantitative estimate of drug-likeness (QED) is 0.399. The van der Waals surface area contributed by atoms with Gasteiger partial charge in [0.25, 0.3) is 0 Å². The van der Waals surface area contributed by atoms with Gasteiger partial charge in [0, 0.05) is 37.9 Å². The largest absolute Gasteiger partial charge is 0.372 e. The zero-order valence-electron chi connectivity index (χ0n) is 19.2. The Bertz CT molecular complexity index is 923. The molecule has 1 aromatic heterocycles. The minimum Gasteiger partial charge on any atom is -0.372 e. The van der Waals surface area contributed by atoms with Gasteiger partial charge in [0.05, 0.1) is 4.92 Å². The minimum atomic E-state index is -0.437. The smallest absolute Gasteiger partial charge is 0.329 e. The number of nitrogens with two attached hydrogens (primary N) is 1. The normalized spacial score (nSPS) is 21.3. The summed E-state index contributed by atoms with van der Waals surface area (Å²) in [6.07, 6.45) is 10.4. The van der Waals surface area contributed by atoms with E-state index in [-0.39, 0.29) is 17.5 Å². The molecule has 0 amide bonds. The van der Waals surface area contributed by atoms with Gasteiger partial charge in [-0.15, -0.1) is 0 Å². The number of nitro groups is 1. The van der Waals surface area contributed by atoms with Gasteiger partial charge >= 0.3 is 5.69 Å². The van der Waals surface area contributed by atoms with Gasteiger partial charge in [-0.2, -0.15) is 4.98 Å². The Morgan fingerprint density at radius 2 is 1.85 bits per heavy atom. The van der Waals surface area contributed by atoms with Crippen LogP contribution in [0.5, 0.6) is 0 Å². The third kappa shape index (κ3) is 6.54. The van der Waals surface area contributed by atoms with Gasteiger partial charge in [-0.3, -0.25) is 10.1 Å². The van der Waals surface area contributed by atoms with Gasteiger partial charge in [0.2, 0.25) is 11.8 Å². The fraction of sp³-hybridized carbons (Fsp3) is 0.583. The van der Waals surface area contributed by atoms with Crippen molar-refractivity contribution in [3.63, 3.8) is 0 Å². The molecule has 1 saturated carbocycles. The first kappa shape index (κ1) is 23.2. The van der Waals surface area contributed by atoms with E-state index in [4.69, 9.17) is 5.73 Å². The zero-order chi connectivity index (χ0) is 23.0. The third-order valence-electron chi connectivity index (χ3n) is 6.75. The molecular weight excluding hydrogens is 418 g/mol. The SMILES string of the molecule is N[C@H]1CC[C@H](CNc2nc(NCc3cccc(N4CCCCCC4)c3)ncc2[N+](=O)[O-])CC1. The van der Waals surface area contributed by atoms with Crippen molar-refractivity contribution in [3.05, 3.63) is 46.1 Å². The lowest BCUT2D eigenvalue weighted by molar-refractivity contribution is -0.384. The third-order valence-corrected chi connectivity index (χ3v) is 6.75. The summed E-state index contributed by atoms with van der Waals surface area (Å²) < 4.78 is 0. The second-order valence-electron chi connectivity index (χ2n) is 9.27. The van der Waals surface area contributed by atoms with Crippen LogP contribution in [-0.2, 0) is 6.54 Å². The molecule has 4 N–H and O–H groups in total. The molecule has 0 radical (unpaired) electrons. The molecule has 1 saturated heterocycles. The molecule has 2 aromatic rings. The van der Waals surface area contributed by atoms with Crippen LogP contribution in [0.2, 0.25) is 0 Å².